The average Bonchev–Trinajstić information content (AvgIpc) is 3.38. The summed E-state index contributed by atoms with van der Waals surface area (Å²) in [6.45, 7) is 2.16. The number of anilines is 2. The van der Waals surface area contributed by atoms with E-state index in [-0.39, 0.29) is 18.4 Å². The lowest BCUT2D eigenvalue weighted by Crippen LogP contribution is -2.26. The van der Waals surface area contributed by atoms with E-state index in [9.17, 15) is 9.59 Å². The third-order valence-electron chi connectivity index (χ3n) is 3.91. The molecule has 0 unspecified atom stereocenters. The fraction of sp³-hybridized carbons (Fsp3) is 0.263. The molecule has 5 nitrogen and oxygen atoms in total. The molecule has 0 aliphatic heterocycles. The summed E-state index contributed by atoms with van der Waals surface area (Å²) in [5, 5.41) is 8.87. The molecule has 0 radical (unpaired) electrons. The van der Waals surface area contributed by atoms with E-state index in [2.05, 4.69) is 16.0 Å². The minimum atomic E-state index is -0.155. The number of aryl methyl sites for hydroxylation is 1. The molecule has 1 fully saturated rings. The third-order valence-corrected chi connectivity index (χ3v) is 3.91. The van der Waals surface area contributed by atoms with Gasteiger partial charge in [0, 0.05) is 23.0 Å². The first-order valence-electron chi connectivity index (χ1n) is 8.12. The summed E-state index contributed by atoms with van der Waals surface area (Å²) >= 11 is 0. The molecule has 2 aromatic carbocycles. The first kappa shape index (κ1) is 16.1. The molecule has 1 aliphatic carbocycles. The van der Waals surface area contributed by atoms with E-state index in [0.29, 0.717) is 17.3 Å². The SMILES string of the molecule is Cc1ccccc1NCC(=O)Nc1cccc(C(=O)NC2CC2)c1. The molecule has 1 saturated carbocycles. The molecular weight excluding hydrogens is 302 g/mol. The summed E-state index contributed by atoms with van der Waals surface area (Å²) in [4.78, 5) is 24.1. The molecule has 0 bridgehead atoms. The molecule has 0 spiro atoms. The van der Waals surface area contributed by atoms with Crippen LogP contribution in [0.1, 0.15) is 28.8 Å². The zero-order valence-corrected chi connectivity index (χ0v) is 13.6. The normalized spacial score (nSPS) is 13.2. The maximum atomic E-state index is 12.1. The van der Waals surface area contributed by atoms with Gasteiger partial charge in [-0.1, -0.05) is 24.3 Å². The van der Waals surface area contributed by atoms with E-state index in [1.807, 2.05) is 31.2 Å². The van der Waals surface area contributed by atoms with Crippen LogP contribution in [-0.4, -0.2) is 24.4 Å². The monoisotopic (exact) mass is 323 g/mol. The zero-order chi connectivity index (χ0) is 16.9. The third kappa shape index (κ3) is 4.35. The van der Waals surface area contributed by atoms with Crippen LogP contribution in [0.4, 0.5) is 11.4 Å². The van der Waals surface area contributed by atoms with Crippen LogP contribution in [0.25, 0.3) is 0 Å². The second-order valence-corrected chi connectivity index (χ2v) is 6.05. The van der Waals surface area contributed by atoms with Gasteiger partial charge < -0.3 is 16.0 Å². The van der Waals surface area contributed by atoms with Crippen LogP contribution in [0.2, 0.25) is 0 Å². The molecule has 0 aromatic heterocycles. The number of carbonyl (C=O) groups is 2. The number of rotatable bonds is 6. The van der Waals surface area contributed by atoms with Crippen LogP contribution in [-0.2, 0) is 4.79 Å². The Labute approximate surface area is 141 Å². The van der Waals surface area contributed by atoms with Gasteiger partial charge in [-0.2, -0.15) is 0 Å². The van der Waals surface area contributed by atoms with Crippen LogP contribution in [0, 0.1) is 6.92 Å². The fourth-order valence-electron chi connectivity index (χ4n) is 2.39. The van der Waals surface area contributed by atoms with Crippen molar-refractivity contribution in [3.05, 3.63) is 59.7 Å². The summed E-state index contributed by atoms with van der Waals surface area (Å²) < 4.78 is 0. The van der Waals surface area contributed by atoms with Crippen molar-refractivity contribution in [1.29, 1.82) is 0 Å². The van der Waals surface area contributed by atoms with E-state index in [1.54, 1.807) is 24.3 Å². The molecule has 0 heterocycles. The molecule has 1 aliphatic rings. The van der Waals surface area contributed by atoms with Crippen LogP contribution in [0.3, 0.4) is 0 Å². The Morgan fingerprint density at radius 2 is 1.88 bits per heavy atom. The number of hydrogen-bond acceptors (Lipinski definition) is 3. The van der Waals surface area contributed by atoms with Gasteiger partial charge in [0.25, 0.3) is 5.91 Å². The molecule has 124 valence electrons. The number of para-hydroxylation sites is 1. The van der Waals surface area contributed by atoms with E-state index in [0.717, 1.165) is 24.1 Å². The quantitative estimate of drug-likeness (QED) is 0.765. The lowest BCUT2D eigenvalue weighted by molar-refractivity contribution is -0.114. The first-order valence-corrected chi connectivity index (χ1v) is 8.12. The van der Waals surface area contributed by atoms with Crippen LogP contribution in [0.5, 0.6) is 0 Å². The summed E-state index contributed by atoms with van der Waals surface area (Å²) in [5.74, 6) is -0.246. The van der Waals surface area contributed by atoms with Gasteiger partial charge >= 0.3 is 0 Å². The largest absolute Gasteiger partial charge is 0.376 e. The molecular formula is C19H21N3O2. The predicted octanol–water partition coefficient (Wildman–Crippen LogP) is 2.94. The minimum absolute atomic E-state index is 0.0911. The lowest BCUT2D eigenvalue weighted by atomic mass is 10.2. The van der Waals surface area contributed by atoms with Gasteiger partial charge in [0.1, 0.15) is 0 Å². The van der Waals surface area contributed by atoms with Gasteiger partial charge in [-0.15, -0.1) is 0 Å². The number of carbonyl (C=O) groups excluding carboxylic acids is 2. The maximum absolute atomic E-state index is 12.1. The van der Waals surface area contributed by atoms with Crippen molar-refractivity contribution in [1.82, 2.24) is 5.32 Å². The average molecular weight is 323 g/mol. The predicted molar refractivity (Wildman–Crippen MR) is 95.2 cm³/mol. The zero-order valence-electron chi connectivity index (χ0n) is 13.6. The van der Waals surface area contributed by atoms with Gasteiger partial charge in [0.2, 0.25) is 5.91 Å². The van der Waals surface area contributed by atoms with Crippen LogP contribution in [0.15, 0.2) is 48.5 Å². The molecule has 0 atom stereocenters. The Morgan fingerprint density at radius 1 is 1.08 bits per heavy atom. The van der Waals surface area contributed by atoms with Crippen LogP contribution >= 0.6 is 0 Å². The first-order chi connectivity index (χ1) is 11.6. The highest BCUT2D eigenvalue weighted by Crippen LogP contribution is 2.20. The van der Waals surface area contributed by atoms with E-state index < -0.39 is 0 Å². The Morgan fingerprint density at radius 3 is 2.62 bits per heavy atom. The summed E-state index contributed by atoms with van der Waals surface area (Å²) in [7, 11) is 0. The van der Waals surface area contributed by atoms with Crippen molar-refractivity contribution >= 4 is 23.2 Å². The number of nitrogens with one attached hydrogen (secondary N) is 3. The fourth-order valence-corrected chi connectivity index (χ4v) is 2.39. The Balaban J connectivity index is 1.56. The van der Waals surface area contributed by atoms with Gasteiger partial charge in [-0.05, 0) is 49.6 Å². The second-order valence-electron chi connectivity index (χ2n) is 6.05. The molecule has 2 amide bonds. The summed E-state index contributed by atoms with van der Waals surface area (Å²) in [5.41, 5.74) is 3.20. The van der Waals surface area contributed by atoms with Gasteiger partial charge in [0.05, 0.1) is 6.54 Å². The van der Waals surface area contributed by atoms with Gasteiger partial charge in [-0.25, -0.2) is 0 Å². The molecule has 5 heteroatoms. The van der Waals surface area contributed by atoms with Crippen molar-refractivity contribution in [3.63, 3.8) is 0 Å². The number of benzene rings is 2. The Hall–Kier alpha value is -2.82. The van der Waals surface area contributed by atoms with Crippen molar-refractivity contribution in [2.75, 3.05) is 17.2 Å². The van der Waals surface area contributed by atoms with Crippen molar-refractivity contribution in [2.45, 2.75) is 25.8 Å². The maximum Gasteiger partial charge on any atom is 0.251 e. The smallest absolute Gasteiger partial charge is 0.251 e. The highest BCUT2D eigenvalue weighted by Gasteiger charge is 2.23. The van der Waals surface area contributed by atoms with E-state index in [1.165, 1.54) is 0 Å². The molecule has 3 rings (SSSR count). The van der Waals surface area contributed by atoms with Gasteiger partial charge in [0.15, 0.2) is 0 Å². The highest BCUT2D eigenvalue weighted by atomic mass is 16.2. The highest BCUT2D eigenvalue weighted by molar-refractivity contribution is 5.98. The van der Waals surface area contributed by atoms with Crippen LogP contribution < -0.4 is 16.0 Å². The molecule has 2 aromatic rings. The van der Waals surface area contributed by atoms with Crippen molar-refractivity contribution in [2.24, 2.45) is 0 Å². The van der Waals surface area contributed by atoms with E-state index >= 15 is 0 Å². The topological polar surface area (TPSA) is 70.2 Å². The summed E-state index contributed by atoms with van der Waals surface area (Å²) in [6.07, 6.45) is 2.10. The molecule has 3 N–H and O–H groups in total. The van der Waals surface area contributed by atoms with Crippen molar-refractivity contribution in [3.8, 4) is 0 Å². The standard InChI is InChI=1S/C19H21N3O2/c1-13-5-2-3-8-17(13)20-12-18(23)21-16-7-4-6-14(11-16)19(24)22-15-9-10-15/h2-8,11,15,20H,9-10,12H2,1H3,(H,21,23)(H,22,24). The molecule has 0 saturated heterocycles. The minimum Gasteiger partial charge on any atom is -0.376 e. The number of hydrogen-bond donors (Lipinski definition) is 3. The Kier molecular flexibility index (Phi) is 4.79. The van der Waals surface area contributed by atoms with E-state index in [4.69, 9.17) is 0 Å². The molecule has 24 heavy (non-hydrogen) atoms. The Bertz CT molecular complexity index is 754. The van der Waals surface area contributed by atoms with Gasteiger partial charge in [-0.3, -0.25) is 9.59 Å². The number of amides is 2. The van der Waals surface area contributed by atoms with Crippen molar-refractivity contribution < 1.29 is 9.59 Å². The second kappa shape index (κ2) is 7.17. The lowest BCUT2D eigenvalue weighted by Gasteiger charge is -2.10. The summed E-state index contributed by atoms with van der Waals surface area (Å²) in [6, 6.07) is 15.1.